The fourth-order valence-corrected chi connectivity index (χ4v) is 3.14. The molecular formula is C19H19ClN2O4. The van der Waals surface area contributed by atoms with Crippen LogP contribution < -0.4 is 9.64 Å². The number of nitrogens with zero attached hydrogens (tertiary/aromatic N) is 2. The van der Waals surface area contributed by atoms with E-state index in [4.69, 9.17) is 16.3 Å². The average molecular weight is 375 g/mol. The first-order valence-corrected chi connectivity index (χ1v) is 8.56. The highest BCUT2D eigenvalue weighted by Crippen LogP contribution is 2.29. The molecule has 0 atom stereocenters. The van der Waals surface area contributed by atoms with Crippen LogP contribution in [0.25, 0.3) is 0 Å². The highest BCUT2D eigenvalue weighted by atomic mass is 35.5. The monoisotopic (exact) mass is 374 g/mol. The number of hydrogen-bond donors (Lipinski definition) is 1. The largest absolute Gasteiger partial charge is 0.506 e. The zero-order valence-corrected chi connectivity index (χ0v) is 15.1. The molecule has 1 saturated heterocycles. The van der Waals surface area contributed by atoms with Crippen molar-refractivity contribution in [3.05, 3.63) is 53.1 Å². The molecular weight excluding hydrogens is 356 g/mol. The minimum atomic E-state index is -0.155. The molecule has 0 unspecified atom stereocenters. The lowest BCUT2D eigenvalue weighted by atomic mass is 10.1. The Morgan fingerprint density at radius 1 is 1.23 bits per heavy atom. The number of benzene rings is 2. The lowest BCUT2D eigenvalue weighted by Crippen LogP contribution is -2.52. The van der Waals surface area contributed by atoms with Gasteiger partial charge in [0.05, 0.1) is 24.2 Å². The summed E-state index contributed by atoms with van der Waals surface area (Å²) < 4.78 is 5.31. The zero-order chi connectivity index (χ0) is 18.7. The van der Waals surface area contributed by atoms with Crippen molar-refractivity contribution in [3.8, 4) is 11.5 Å². The molecule has 7 heteroatoms. The molecule has 0 aromatic heterocycles. The second-order valence-electron chi connectivity index (χ2n) is 6.00. The maximum Gasteiger partial charge on any atom is 0.246 e. The number of carbonyl (C=O) groups is 2. The molecule has 3 rings (SSSR count). The minimum absolute atomic E-state index is 0.0166. The van der Waals surface area contributed by atoms with E-state index in [1.165, 1.54) is 11.0 Å². The number of methoxy groups -OCH3 is 1. The van der Waals surface area contributed by atoms with E-state index < -0.39 is 0 Å². The molecule has 0 saturated carbocycles. The van der Waals surface area contributed by atoms with Crippen molar-refractivity contribution in [3.63, 3.8) is 0 Å². The van der Waals surface area contributed by atoms with Gasteiger partial charge in [0, 0.05) is 13.1 Å². The van der Waals surface area contributed by atoms with Crippen LogP contribution in [-0.2, 0) is 16.0 Å². The lowest BCUT2D eigenvalue weighted by Gasteiger charge is -2.35. The van der Waals surface area contributed by atoms with Crippen LogP contribution in [0.15, 0.2) is 42.5 Å². The quantitative estimate of drug-likeness (QED) is 0.892. The van der Waals surface area contributed by atoms with E-state index in [2.05, 4.69) is 0 Å². The van der Waals surface area contributed by atoms with E-state index in [0.29, 0.717) is 30.1 Å². The Morgan fingerprint density at radius 3 is 2.69 bits per heavy atom. The van der Waals surface area contributed by atoms with Crippen LogP contribution in [0, 0.1) is 0 Å². The Kier molecular flexibility index (Phi) is 5.32. The van der Waals surface area contributed by atoms with Crippen molar-refractivity contribution in [2.24, 2.45) is 0 Å². The molecule has 1 fully saturated rings. The van der Waals surface area contributed by atoms with Gasteiger partial charge in [-0.3, -0.25) is 9.59 Å². The second-order valence-corrected chi connectivity index (χ2v) is 6.40. The summed E-state index contributed by atoms with van der Waals surface area (Å²) in [4.78, 5) is 28.2. The molecule has 0 radical (unpaired) electrons. The Balaban J connectivity index is 1.67. The highest BCUT2D eigenvalue weighted by Gasteiger charge is 2.29. The van der Waals surface area contributed by atoms with Crippen LogP contribution in [0.1, 0.15) is 5.56 Å². The Bertz CT molecular complexity index is 840. The Morgan fingerprint density at radius 2 is 2.00 bits per heavy atom. The molecule has 1 heterocycles. The molecule has 1 N–H and O–H groups in total. The van der Waals surface area contributed by atoms with E-state index >= 15 is 0 Å². The van der Waals surface area contributed by atoms with E-state index in [9.17, 15) is 14.7 Å². The van der Waals surface area contributed by atoms with Gasteiger partial charge in [0.1, 0.15) is 18.0 Å². The third-order valence-corrected chi connectivity index (χ3v) is 4.62. The number of anilines is 1. The van der Waals surface area contributed by atoms with Gasteiger partial charge in [-0.25, -0.2) is 0 Å². The highest BCUT2D eigenvalue weighted by molar-refractivity contribution is 6.32. The number of aromatic hydroxyl groups is 1. The van der Waals surface area contributed by atoms with Gasteiger partial charge in [-0.05, 0) is 29.8 Å². The van der Waals surface area contributed by atoms with Gasteiger partial charge in [0.15, 0.2) is 0 Å². The summed E-state index contributed by atoms with van der Waals surface area (Å²) in [7, 11) is 1.56. The predicted octanol–water partition coefficient (Wildman–Crippen LogP) is 2.47. The van der Waals surface area contributed by atoms with Gasteiger partial charge >= 0.3 is 0 Å². The Hall–Kier alpha value is -2.73. The predicted molar refractivity (Wildman–Crippen MR) is 98.7 cm³/mol. The first-order valence-electron chi connectivity index (χ1n) is 8.18. The number of rotatable bonds is 4. The first kappa shape index (κ1) is 18.1. The van der Waals surface area contributed by atoms with Gasteiger partial charge in [0.25, 0.3) is 0 Å². The molecule has 0 spiro atoms. The van der Waals surface area contributed by atoms with E-state index in [1.54, 1.807) is 30.2 Å². The number of ether oxygens (including phenoxy) is 1. The molecule has 6 nitrogen and oxygen atoms in total. The standard InChI is InChI=1S/C19H19ClN2O4/c1-26-17-5-3-2-4-15(17)22-9-8-21(12-19(22)25)18(24)11-13-6-7-16(23)14(20)10-13/h2-7,10,23H,8-9,11-12H2,1H3. The van der Waals surface area contributed by atoms with Crippen molar-refractivity contribution in [1.82, 2.24) is 4.90 Å². The molecule has 1 aliphatic heterocycles. The van der Waals surface area contributed by atoms with Crippen LogP contribution in [0.3, 0.4) is 0 Å². The molecule has 2 aromatic rings. The van der Waals surface area contributed by atoms with Crippen LogP contribution in [0.4, 0.5) is 5.69 Å². The molecule has 0 aliphatic carbocycles. The maximum absolute atomic E-state index is 12.6. The second kappa shape index (κ2) is 7.66. The fourth-order valence-electron chi connectivity index (χ4n) is 2.94. The zero-order valence-electron chi connectivity index (χ0n) is 14.3. The number of halogens is 1. The number of amides is 2. The first-order chi connectivity index (χ1) is 12.5. The summed E-state index contributed by atoms with van der Waals surface area (Å²) in [6.45, 7) is 0.860. The smallest absolute Gasteiger partial charge is 0.246 e. The summed E-state index contributed by atoms with van der Waals surface area (Å²) in [5, 5.41) is 9.65. The summed E-state index contributed by atoms with van der Waals surface area (Å²) in [6, 6.07) is 12.0. The maximum atomic E-state index is 12.6. The van der Waals surface area contributed by atoms with E-state index in [0.717, 1.165) is 0 Å². The minimum Gasteiger partial charge on any atom is -0.506 e. The summed E-state index contributed by atoms with van der Waals surface area (Å²) in [6.07, 6.45) is 0.127. The van der Waals surface area contributed by atoms with Crippen molar-refractivity contribution < 1.29 is 19.4 Å². The average Bonchev–Trinajstić information content (AvgIpc) is 2.64. The normalized spacial score (nSPS) is 14.5. The number of piperazine rings is 1. The van der Waals surface area contributed by atoms with Gasteiger partial charge in [-0.15, -0.1) is 0 Å². The van der Waals surface area contributed by atoms with Gasteiger partial charge < -0.3 is 19.6 Å². The third-order valence-electron chi connectivity index (χ3n) is 4.32. The number of phenolic OH excluding ortho intramolecular Hbond substituents is 1. The molecule has 26 heavy (non-hydrogen) atoms. The summed E-state index contributed by atoms with van der Waals surface area (Å²) in [5.74, 6) is 0.292. The van der Waals surface area contributed by atoms with Crippen LogP contribution in [0.2, 0.25) is 5.02 Å². The molecule has 1 aliphatic rings. The van der Waals surface area contributed by atoms with Gasteiger partial charge in [0.2, 0.25) is 11.8 Å². The van der Waals surface area contributed by atoms with E-state index in [-0.39, 0.29) is 35.6 Å². The molecule has 0 bridgehead atoms. The van der Waals surface area contributed by atoms with Crippen LogP contribution >= 0.6 is 11.6 Å². The van der Waals surface area contributed by atoms with Crippen LogP contribution in [-0.4, -0.2) is 48.6 Å². The van der Waals surface area contributed by atoms with Crippen molar-refractivity contribution >= 4 is 29.1 Å². The van der Waals surface area contributed by atoms with Crippen LogP contribution in [0.5, 0.6) is 11.5 Å². The molecule has 136 valence electrons. The number of para-hydroxylation sites is 2. The molecule has 2 aromatic carbocycles. The lowest BCUT2D eigenvalue weighted by molar-refractivity contribution is -0.136. The summed E-state index contributed by atoms with van der Waals surface area (Å²) >= 11 is 5.87. The third kappa shape index (κ3) is 3.75. The SMILES string of the molecule is COc1ccccc1N1CCN(C(=O)Cc2ccc(O)c(Cl)c2)CC1=O. The molecule has 2 amide bonds. The Labute approximate surface area is 156 Å². The number of hydrogen-bond acceptors (Lipinski definition) is 4. The fraction of sp³-hybridized carbons (Fsp3) is 0.263. The van der Waals surface area contributed by atoms with Crippen molar-refractivity contribution in [2.75, 3.05) is 31.6 Å². The van der Waals surface area contributed by atoms with Gasteiger partial charge in [-0.1, -0.05) is 29.8 Å². The topological polar surface area (TPSA) is 70.1 Å². The van der Waals surface area contributed by atoms with Gasteiger partial charge in [-0.2, -0.15) is 0 Å². The number of phenols is 1. The summed E-state index contributed by atoms with van der Waals surface area (Å²) in [5.41, 5.74) is 1.40. The number of carbonyl (C=O) groups excluding carboxylic acids is 2. The van der Waals surface area contributed by atoms with E-state index in [1.807, 2.05) is 18.2 Å². The van der Waals surface area contributed by atoms with Crippen molar-refractivity contribution in [1.29, 1.82) is 0 Å². The van der Waals surface area contributed by atoms with Crippen molar-refractivity contribution in [2.45, 2.75) is 6.42 Å².